The minimum Gasteiger partial charge on any atom is -0.352 e. The van der Waals surface area contributed by atoms with Crippen molar-refractivity contribution in [2.75, 3.05) is 28.2 Å². The molecule has 0 unspecified atom stereocenters. The summed E-state index contributed by atoms with van der Waals surface area (Å²) in [5.74, 6) is 0.900. The molecule has 0 fully saturated rings. The van der Waals surface area contributed by atoms with Gasteiger partial charge in [-0.1, -0.05) is 54.6 Å². The van der Waals surface area contributed by atoms with Crippen LogP contribution < -0.4 is 5.32 Å². The van der Waals surface area contributed by atoms with E-state index in [1.165, 1.54) is 16.7 Å². The molecule has 0 aliphatic rings. The Balaban J connectivity index is 0.00000312. The van der Waals surface area contributed by atoms with Crippen LogP contribution in [0.2, 0.25) is 0 Å². The summed E-state index contributed by atoms with van der Waals surface area (Å²) >= 11 is 0. The van der Waals surface area contributed by atoms with Gasteiger partial charge in [-0.25, -0.2) is 0 Å². The van der Waals surface area contributed by atoms with Crippen LogP contribution in [0.4, 0.5) is 0 Å². The SMILES string of the molecule is CN=C(NCc1cccc(CN(C)C)c1)N(C)Cc1ccccc1.I. The highest BCUT2D eigenvalue weighted by Gasteiger charge is 2.06. The summed E-state index contributed by atoms with van der Waals surface area (Å²) in [7, 11) is 8.06. The van der Waals surface area contributed by atoms with E-state index in [0.717, 1.165) is 25.6 Å². The first-order valence-corrected chi connectivity index (χ1v) is 8.26. The van der Waals surface area contributed by atoms with Crippen molar-refractivity contribution in [3.05, 3.63) is 71.3 Å². The molecule has 25 heavy (non-hydrogen) atoms. The van der Waals surface area contributed by atoms with Crippen LogP contribution in [0.15, 0.2) is 59.6 Å². The summed E-state index contributed by atoms with van der Waals surface area (Å²) < 4.78 is 0. The number of aliphatic imine (C=N–C) groups is 1. The molecule has 1 N–H and O–H groups in total. The van der Waals surface area contributed by atoms with Crippen LogP contribution in [0.1, 0.15) is 16.7 Å². The molecule has 0 bridgehead atoms. The zero-order valence-electron chi connectivity index (χ0n) is 15.6. The molecule has 0 aliphatic heterocycles. The van der Waals surface area contributed by atoms with E-state index in [0.29, 0.717) is 0 Å². The first-order valence-electron chi connectivity index (χ1n) is 8.26. The van der Waals surface area contributed by atoms with Crippen LogP contribution in [0.5, 0.6) is 0 Å². The molecule has 0 aromatic heterocycles. The molecular formula is C20H29IN4. The minimum absolute atomic E-state index is 0. The van der Waals surface area contributed by atoms with Crippen molar-refractivity contribution in [3.63, 3.8) is 0 Å². The molecule has 0 radical (unpaired) electrons. The lowest BCUT2D eigenvalue weighted by atomic mass is 10.1. The Hall–Kier alpha value is -1.60. The molecule has 0 spiro atoms. The number of benzene rings is 2. The predicted octanol–water partition coefficient (Wildman–Crippen LogP) is 3.57. The molecule has 0 amide bonds. The standard InChI is InChI=1S/C20H28N4.HI/c1-21-20(24(4)16-17-9-6-5-7-10-17)22-14-18-11-8-12-19(13-18)15-23(2)3;/h5-13H,14-16H2,1-4H3,(H,21,22);1H. The van der Waals surface area contributed by atoms with Gasteiger partial charge in [0, 0.05) is 33.7 Å². The lowest BCUT2D eigenvalue weighted by Gasteiger charge is -2.22. The highest BCUT2D eigenvalue weighted by atomic mass is 127. The second-order valence-electron chi connectivity index (χ2n) is 6.30. The minimum atomic E-state index is 0. The van der Waals surface area contributed by atoms with Crippen LogP contribution >= 0.6 is 24.0 Å². The van der Waals surface area contributed by atoms with Gasteiger partial charge in [-0.15, -0.1) is 24.0 Å². The van der Waals surface area contributed by atoms with E-state index >= 15 is 0 Å². The molecule has 136 valence electrons. The Labute approximate surface area is 169 Å². The molecule has 2 rings (SSSR count). The third kappa shape index (κ3) is 7.44. The number of hydrogen-bond donors (Lipinski definition) is 1. The molecule has 0 atom stereocenters. The largest absolute Gasteiger partial charge is 0.352 e. The lowest BCUT2D eigenvalue weighted by Crippen LogP contribution is -2.38. The Morgan fingerprint density at radius 1 is 0.880 bits per heavy atom. The molecule has 0 saturated heterocycles. The predicted molar refractivity (Wildman–Crippen MR) is 117 cm³/mol. The number of guanidine groups is 1. The molecule has 2 aromatic carbocycles. The average molecular weight is 452 g/mol. The van der Waals surface area contributed by atoms with Crippen molar-refractivity contribution in [1.29, 1.82) is 0 Å². The summed E-state index contributed by atoms with van der Waals surface area (Å²) in [6.07, 6.45) is 0. The number of nitrogens with zero attached hydrogens (tertiary/aromatic N) is 3. The normalized spacial score (nSPS) is 11.2. The van der Waals surface area contributed by atoms with Gasteiger partial charge in [0.25, 0.3) is 0 Å². The van der Waals surface area contributed by atoms with Crippen molar-refractivity contribution in [1.82, 2.24) is 15.1 Å². The summed E-state index contributed by atoms with van der Waals surface area (Å²) in [5, 5.41) is 3.45. The zero-order valence-corrected chi connectivity index (χ0v) is 17.9. The highest BCUT2D eigenvalue weighted by molar-refractivity contribution is 14.0. The quantitative estimate of drug-likeness (QED) is 0.413. The number of nitrogens with one attached hydrogen (secondary N) is 1. The Morgan fingerprint density at radius 2 is 1.52 bits per heavy atom. The summed E-state index contributed by atoms with van der Waals surface area (Å²) in [6.45, 7) is 2.56. The smallest absolute Gasteiger partial charge is 0.193 e. The van der Waals surface area contributed by atoms with Gasteiger partial charge in [0.1, 0.15) is 0 Å². The van der Waals surface area contributed by atoms with E-state index in [1.807, 2.05) is 13.1 Å². The van der Waals surface area contributed by atoms with Crippen molar-refractivity contribution < 1.29 is 0 Å². The van der Waals surface area contributed by atoms with Crippen molar-refractivity contribution >= 4 is 29.9 Å². The molecule has 0 heterocycles. The van der Waals surface area contributed by atoms with Crippen LogP contribution in [0, 0.1) is 0 Å². The van der Waals surface area contributed by atoms with Gasteiger partial charge in [0.15, 0.2) is 5.96 Å². The highest BCUT2D eigenvalue weighted by Crippen LogP contribution is 2.08. The fraction of sp³-hybridized carbons (Fsp3) is 0.350. The van der Waals surface area contributed by atoms with Gasteiger partial charge in [-0.2, -0.15) is 0 Å². The average Bonchev–Trinajstić information content (AvgIpc) is 2.56. The zero-order chi connectivity index (χ0) is 17.4. The van der Waals surface area contributed by atoms with Gasteiger partial charge in [0.2, 0.25) is 0 Å². The van der Waals surface area contributed by atoms with E-state index in [2.05, 4.69) is 89.8 Å². The first-order chi connectivity index (χ1) is 11.6. The van der Waals surface area contributed by atoms with Crippen LogP contribution in [-0.4, -0.2) is 44.0 Å². The van der Waals surface area contributed by atoms with E-state index in [-0.39, 0.29) is 24.0 Å². The third-order valence-electron chi connectivity index (χ3n) is 3.78. The Kier molecular flexibility index (Phi) is 9.52. The fourth-order valence-electron chi connectivity index (χ4n) is 2.70. The molecule has 0 saturated carbocycles. The molecule has 2 aromatic rings. The summed E-state index contributed by atoms with van der Waals surface area (Å²) in [5.41, 5.74) is 3.87. The maximum absolute atomic E-state index is 4.39. The third-order valence-corrected chi connectivity index (χ3v) is 3.78. The monoisotopic (exact) mass is 452 g/mol. The van der Waals surface area contributed by atoms with Crippen LogP contribution in [0.25, 0.3) is 0 Å². The number of rotatable bonds is 6. The maximum atomic E-state index is 4.39. The second kappa shape index (κ2) is 11.1. The fourth-order valence-corrected chi connectivity index (χ4v) is 2.70. The van der Waals surface area contributed by atoms with Gasteiger partial charge in [-0.05, 0) is 30.8 Å². The number of hydrogen-bond acceptors (Lipinski definition) is 2. The van der Waals surface area contributed by atoms with Crippen molar-refractivity contribution in [2.24, 2.45) is 4.99 Å². The van der Waals surface area contributed by atoms with Crippen LogP contribution in [0.3, 0.4) is 0 Å². The van der Waals surface area contributed by atoms with Gasteiger partial charge in [-0.3, -0.25) is 4.99 Å². The van der Waals surface area contributed by atoms with Crippen LogP contribution in [-0.2, 0) is 19.6 Å². The first kappa shape index (κ1) is 21.4. The van der Waals surface area contributed by atoms with Gasteiger partial charge in [0.05, 0.1) is 0 Å². The summed E-state index contributed by atoms with van der Waals surface area (Å²) in [6, 6.07) is 19.1. The van der Waals surface area contributed by atoms with Gasteiger partial charge < -0.3 is 15.1 Å². The molecular weight excluding hydrogens is 423 g/mol. The van der Waals surface area contributed by atoms with Crippen molar-refractivity contribution in [2.45, 2.75) is 19.6 Å². The molecule has 5 heteroatoms. The summed E-state index contributed by atoms with van der Waals surface area (Å²) in [4.78, 5) is 8.71. The Bertz CT molecular complexity index is 656. The number of halogens is 1. The van der Waals surface area contributed by atoms with E-state index < -0.39 is 0 Å². The Morgan fingerprint density at radius 3 is 2.16 bits per heavy atom. The lowest BCUT2D eigenvalue weighted by molar-refractivity contribution is 0.402. The maximum Gasteiger partial charge on any atom is 0.193 e. The van der Waals surface area contributed by atoms with Crippen molar-refractivity contribution in [3.8, 4) is 0 Å². The van der Waals surface area contributed by atoms with E-state index in [9.17, 15) is 0 Å². The topological polar surface area (TPSA) is 30.9 Å². The molecule has 0 aliphatic carbocycles. The van der Waals surface area contributed by atoms with Gasteiger partial charge >= 0.3 is 0 Å². The second-order valence-corrected chi connectivity index (χ2v) is 6.30. The molecule has 4 nitrogen and oxygen atoms in total. The van der Waals surface area contributed by atoms with E-state index in [4.69, 9.17) is 0 Å². The van der Waals surface area contributed by atoms with E-state index in [1.54, 1.807) is 0 Å².